The molecule has 0 saturated heterocycles. The minimum absolute atomic E-state index is 0.358. The molecule has 0 fully saturated rings. The summed E-state index contributed by atoms with van der Waals surface area (Å²) in [7, 11) is -3.16. The summed E-state index contributed by atoms with van der Waals surface area (Å²) < 4.78 is 42.8. The van der Waals surface area contributed by atoms with Crippen molar-refractivity contribution in [2.75, 3.05) is 11.8 Å². The van der Waals surface area contributed by atoms with Crippen LogP contribution >= 0.6 is 11.6 Å². The molecular weight excluding hydrogens is 301 g/mol. The average molecular weight is 312 g/mol. The van der Waals surface area contributed by atoms with Crippen molar-refractivity contribution >= 4 is 33.3 Å². The number of sulfonamides is 1. The number of esters is 1. The van der Waals surface area contributed by atoms with E-state index in [-0.39, 0.29) is 5.02 Å². The fourth-order valence-electron chi connectivity index (χ4n) is 1.18. The van der Waals surface area contributed by atoms with Crippen LogP contribution in [0.25, 0.3) is 0 Å². The number of hydrogen-bond acceptors (Lipinski definition) is 5. The number of nitrogens with one attached hydrogen (secondary N) is 1. The summed E-state index contributed by atoms with van der Waals surface area (Å²) in [6.07, 6.45) is 0. The van der Waals surface area contributed by atoms with E-state index in [4.69, 9.17) is 11.6 Å². The lowest BCUT2D eigenvalue weighted by atomic mass is 10.3. The van der Waals surface area contributed by atoms with Gasteiger partial charge in [-0.25, -0.2) is 12.8 Å². The second-order valence-corrected chi connectivity index (χ2v) is 6.00. The number of halogens is 2. The number of carbonyl (C=O) groups excluding carboxylic acids is 1. The van der Waals surface area contributed by atoms with E-state index in [1.54, 1.807) is 0 Å². The van der Waals surface area contributed by atoms with Crippen LogP contribution in [0.2, 0.25) is 5.02 Å². The quantitative estimate of drug-likeness (QED) is 0.649. The van der Waals surface area contributed by atoms with Crippen molar-refractivity contribution in [3.63, 3.8) is 0 Å². The lowest BCUT2D eigenvalue weighted by Crippen LogP contribution is -2.33. The van der Waals surface area contributed by atoms with Crippen LogP contribution in [0.15, 0.2) is 12.1 Å². The van der Waals surface area contributed by atoms with E-state index in [1.807, 2.05) is 4.72 Å². The van der Waals surface area contributed by atoms with Crippen molar-refractivity contribution in [2.45, 2.75) is 12.2 Å². The predicted octanol–water partition coefficient (Wildman–Crippen LogP) is 1.49. The highest BCUT2D eigenvalue weighted by molar-refractivity contribution is 7.94. The zero-order chi connectivity index (χ0) is 14.8. The van der Waals surface area contributed by atoms with Crippen LogP contribution in [0.5, 0.6) is 5.75 Å². The molecule has 1 aromatic rings. The predicted molar refractivity (Wildman–Crippen MR) is 67.1 cm³/mol. The number of aromatic hydroxyl groups is 1. The van der Waals surface area contributed by atoms with E-state index in [0.29, 0.717) is 0 Å². The van der Waals surface area contributed by atoms with Gasteiger partial charge in [-0.05, 0) is 13.0 Å². The Bertz CT molecular complexity index is 604. The van der Waals surface area contributed by atoms with Crippen molar-refractivity contribution in [1.82, 2.24) is 0 Å². The lowest BCUT2D eigenvalue weighted by molar-refractivity contribution is -0.139. The molecule has 0 amide bonds. The van der Waals surface area contributed by atoms with Crippen molar-refractivity contribution in [2.24, 2.45) is 0 Å². The lowest BCUT2D eigenvalue weighted by Gasteiger charge is -2.14. The third-order valence-corrected chi connectivity index (χ3v) is 4.19. The molecule has 106 valence electrons. The van der Waals surface area contributed by atoms with E-state index in [1.165, 1.54) is 0 Å². The molecule has 9 heteroatoms. The van der Waals surface area contributed by atoms with E-state index in [0.717, 1.165) is 26.2 Å². The Morgan fingerprint density at radius 3 is 2.63 bits per heavy atom. The number of benzene rings is 1. The van der Waals surface area contributed by atoms with Gasteiger partial charge in [0.15, 0.2) is 11.0 Å². The van der Waals surface area contributed by atoms with E-state index in [2.05, 4.69) is 4.74 Å². The summed E-state index contributed by atoms with van der Waals surface area (Å²) in [5.74, 6) is -2.47. The van der Waals surface area contributed by atoms with Gasteiger partial charge in [0.1, 0.15) is 5.82 Å². The Kier molecular flexibility index (Phi) is 4.59. The molecule has 0 aliphatic carbocycles. The molecule has 19 heavy (non-hydrogen) atoms. The Labute approximate surface area is 114 Å². The maximum Gasteiger partial charge on any atom is 0.325 e. The molecule has 0 heterocycles. The second kappa shape index (κ2) is 5.62. The fraction of sp³-hybridized carbons (Fsp3) is 0.300. The first-order valence-electron chi connectivity index (χ1n) is 4.96. The Balaban J connectivity index is 3.12. The van der Waals surface area contributed by atoms with E-state index < -0.39 is 38.5 Å². The van der Waals surface area contributed by atoms with Gasteiger partial charge in [-0.2, -0.15) is 0 Å². The highest BCUT2D eigenvalue weighted by atomic mass is 35.5. The Morgan fingerprint density at radius 1 is 1.53 bits per heavy atom. The van der Waals surface area contributed by atoms with Crippen LogP contribution in [0.4, 0.5) is 10.1 Å². The van der Waals surface area contributed by atoms with Crippen LogP contribution in [0, 0.1) is 5.82 Å². The smallest absolute Gasteiger partial charge is 0.325 e. The van der Waals surface area contributed by atoms with Gasteiger partial charge in [-0.1, -0.05) is 11.6 Å². The molecule has 0 aromatic heterocycles. The summed E-state index contributed by atoms with van der Waals surface area (Å²) in [4.78, 5) is 11.2. The zero-order valence-electron chi connectivity index (χ0n) is 9.98. The summed E-state index contributed by atoms with van der Waals surface area (Å²) in [5, 5.41) is 7.63. The molecule has 0 radical (unpaired) electrons. The number of anilines is 1. The maximum absolute atomic E-state index is 13.1. The number of methoxy groups -OCH3 is 1. The number of rotatable bonds is 4. The number of carbonyl (C=O) groups is 1. The standard InChI is InChI=1S/C10H11ClFNO5S/c1-5(10(15)18-2)19(16,17)13-8-4-6(12)3-7(11)9(8)14/h3-5,13-14H,1-2H3. The van der Waals surface area contributed by atoms with Gasteiger partial charge < -0.3 is 9.84 Å². The highest BCUT2D eigenvalue weighted by Crippen LogP contribution is 2.33. The third kappa shape index (κ3) is 3.48. The summed E-state index contributed by atoms with van der Waals surface area (Å²) >= 11 is 5.50. The van der Waals surface area contributed by atoms with Crippen molar-refractivity contribution < 1.29 is 27.4 Å². The molecule has 6 nitrogen and oxygen atoms in total. The molecule has 0 bridgehead atoms. The fourth-order valence-corrected chi connectivity index (χ4v) is 2.37. The molecule has 1 rings (SSSR count). The van der Waals surface area contributed by atoms with Gasteiger partial charge in [0.05, 0.1) is 17.8 Å². The largest absolute Gasteiger partial charge is 0.504 e. The number of phenolic OH excluding ortho intramolecular Hbond substituents is 1. The van der Waals surface area contributed by atoms with E-state index >= 15 is 0 Å². The normalized spacial score (nSPS) is 12.8. The number of phenols is 1. The number of ether oxygens (including phenoxy) is 1. The first-order chi connectivity index (χ1) is 8.69. The zero-order valence-corrected chi connectivity index (χ0v) is 11.5. The first-order valence-corrected chi connectivity index (χ1v) is 6.89. The molecule has 1 atom stereocenters. The average Bonchev–Trinajstić information content (AvgIpc) is 2.33. The molecule has 1 unspecified atom stereocenters. The van der Waals surface area contributed by atoms with Gasteiger partial charge in [0.2, 0.25) is 10.0 Å². The van der Waals surface area contributed by atoms with Gasteiger partial charge in [-0.3, -0.25) is 9.52 Å². The van der Waals surface area contributed by atoms with Crippen LogP contribution in [0.3, 0.4) is 0 Å². The van der Waals surface area contributed by atoms with E-state index in [9.17, 15) is 22.7 Å². The van der Waals surface area contributed by atoms with Gasteiger partial charge in [0.25, 0.3) is 0 Å². The van der Waals surface area contributed by atoms with Gasteiger partial charge in [0, 0.05) is 6.07 Å². The summed E-state index contributed by atoms with van der Waals surface area (Å²) in [6.45, 7) is 1.09. The van der Waals surface area contributed by atoms with Crippen LogP contribution in [0.1, 0.15) is 6.92 Å². The monoisotopic (exact) mass is 311 g/mol. The summed E-state index contributed by atoms with van der Waals surface area (Å²) in [6, 6.07) is 1.56. The second-order valence-electron chi connectivity index (χ2n) is 3.60. The highest BCUT2D eigenvalue weighted by Gasteiger charge is 2.30. The first kappa shape index (κ1) is 15.5. The van der Waals surface area contributed by atoms with Crippen molar-refractivity contribution in [1.29, 1.82) is 0 Å². The van der Waals surface area contributed by atoms with Crippen LogP contribution < -0.4 is 4.72 Å². The van der Waals surface area contributed by atoms with Crippen molar-refractivity contribution in [3.8, 4) is 5.75 Å². The molecule has 0 spiro atoms. The topological polar surface area (TPSA) is 92.7 Å². The third-order valence-electron chi connectivity index (χ3n) is 2.28. The van der Waals surface area contributed by atoms with Gasteiger partial charge in [-0.15, -0.1) is 0 Å². The van der Waals surface area contributed by atoms with Crippen molar-refractivity contribution in [3.05, 3.63) is 23.0 Å². The Morgan fingerprint density at radius 2 is 2.11 bits per heavy atom. The van der Waals surface area contributed by atoms with Gasteiger partial charge >= 0.3 is 5.97 Å². The molecule has 2 N–H and O–H groups in total. The van der Waals surface area contributed by atoms with Crippen LogP contribution in [-0.4, -0.2) is 31.9 Å². The minimum Gasteiger partial charge on any atom is -0.504 e. The molecule has 0 saturated carbocycles. The van der Waals surface area contributed by atoms with Crippen LogP contribution in [-0.2, 0) is 19.6 Å². The number of hydrogen-bond donors (Lipinski definition) is 2. The Hall–Kier alpha value is -1.54. The maximum atomic E-state index is 13.1. The SMILES string of the molecule is COC(=O)C(C)S(=O)(=O)Nc1cc(F)cc(Cl)c1O. The molecular formula is C10H11ClFNO5S. The summed E-state index contributed by atoms with van der Waals surface area (Å²) in [5.41, 5.74) is -0.458. The molecule has 0 aliphatic heterocycles. The minimum atomic E-state index is -4.19. The molecule has 1 aromatic carbocycles. The molecule has 0 aliphatic rings.